The second-order valence-corrected chi connectivity index (χ2v) is 4.47. The van der Waals surface area contributed by atoms with Crippen molar-refractivity contribution in [1.82, 2.24) is 0 Å². The second-order valence-electron chi connectivity index (χ2n) is 4.47. The number of rotatable bonds is 3. The van der Waals surface area contributed by atoms with Gasteiger partial charge >= 0.3 is 0 Å². The summed E-state index contributed by atoms with van der Waals surface area (Å²) in [6.07, 6.45) is 2.37. The molecule has 1 fully saturated rings. The van der Waals surface area contributed by atoms with E-state index in [1.165, 1.54) is 5.56 Å². The van der Waals surface area contributed by atoms with E-state index in [2.05, 4.69) is 18.7 Å². The maximum Gasteiger partial charge on any atom is 0.158 e. The van der Waals surface area contributed by atoms with Gasteiger partial charge < -0.3 is 4.74 Å². The third-order valence-electron chi connectivity index (χ3n) is 3.27. The van der Waals surface area contributed by atoms with Gasteiger partial charge in [-0.2, -0.15) is 0 Å². The molecule has 1 aromatic carbocycles. The molecule has 1 aliphatic rings. The first-order valence-corrected chi connectivity index (χ1v) is 6.14. The first-order valence-electron chi connectivity index (χ1n) is 6.14. The van der Waals surface area contributed by atoms with E-state index in [0.717, 1.165) is 24.2 Å². The van der Waals surface area contributed by atoms with Gasteiger partial charge in [-0.25, -0.2) is 0 Å². The Labute approximate surface area is 102 Å². The lowest BCUT2D eigenvalue weighted by Gasteiger charge is -2.23. The van der Waals surface area contributed by atoms with Crippen molar-refractivity contribution in [2.24, 2.45) is 0 Å². The van der Waals surface area contributed by atoms with Gasteiger partial charge in [0.25, 0.3) is 0 Å². The zero-order valence-electron chi connectivity index (χ0n) is 10.2. The van der Waals surface area contributed by atoms with Gasteiger partial charge in [-0.1, -0.05) is 18.7 Å². The molecule has 1 atom stereocenters. The standard InChI is InChI=1S/C15H18O2/c1-3-17-14-7-4-12(5-8-14)13-6-9-15(16)11(2)10-13/h4-5,7-8,13H,2-3,6,9-10H2,1H3. The van der Waals surface area contributed by atoms with E-state index in [1.54, 1.807) is 0 Å². The van der Waals surface area contributed by atoms with Gasteiger partial charge in [0.2, 0.25) is 0 Å². The van der Waals surface area contributed by atoms with Crippen LogP contribution in [0.5, 0.6) is 5.75 Å². The molecule has 1 unspecified atom stereocenters. The zero-order valence-corrected chi connectivity index (χ0v) is 10.2. The topological polar surface area (TPSA) is 26.3 Å². The van der Waals surface area contributed by atoms with E-state index >= 15 is 0 Å². The van der Waals surface area contributed by atoms with Gasteiger partial charge in [-0.15, -0.1) is 0 Å². The van der Waals surface area contributed by atoms with E-state index in [-0.39, 0.29) is 5.78 Å². The SMILES string of the molecule is C=C1CC(c2ccc(OCC)cc2)CCC1=O. The summed E-state index contributed by atoms with van der Waals surface area (Å²) >= 11 is 0. The van der Waals surface area contributed by atoms with Crippen LogP contribution in [0.3, 0.4) is 0 Å². The van der Waals surface area contributed by atoms with Crippen LogP contribution < -0.4 is 4.74 Å². The van der Waals surface area contributed by atoms with Crippen LogP contribution in [0, 0.1) is 0 Å². The van der Waals surface area contributed by atoms with Crippen molar-refractivity contribution in [3.05, 3.63) is 42.0 Å². The number of ketones is 1. The Kier molecular flexibility index (Phi) is 3.62. The van der Waals surface area contributed by atoms with Gasteiger partial charge in [0.05, 0.1) is 6.61 Å². The van der Waals surface area contributed by atoms with Crippen molar-refractivity contribution < 1.29 is 9.53 Å². The van der Waals surface area contributed by atoms with Crippen LogP contribution in [0.1, 0.15) is 37.7 Å². The van der Waals surface area contributed by atoms with Gasteiger partial charge in [-0.05, 0) is 49.0 Å². The lowest BCUT2D eigenvalue weighted by Crippen LogP contribution is -2.14. The normalized spacial score (nSPS) is 20.4. The van der Waals surface area contributed by atoms with Gasteiger partial charge in [0.15, 0.2) is 5.78 Å². The van der Waals surface area contributed by atoms with E-state index < -0.39 is 0 Å². The molecule has 0 spiro atoms. The molecular weight excluding hydrogens is 212 g/mol. The largest absolute Gasteiger partial charge is 0.494 e. The minimum absolute atomic E-state index is 0.229. The molecule has 0 N–H and O–H groups in total. The first-order chi connectivity index (χ1) is 8.20. The molecule has 1 saturated carbocycles. The summed E-state index contributed by atoms with van der Waals surface area (Å²) in [5.74, 6) is 1.57. The third kappa shape index (κ3) is 2.76. The summed E-state index contributed by atoms with van der Waals surface area (Å²) in [6.45, 7) is 6.51. The molecule has 0 heterocycles. The van der Waals surface area contributed by atoms with Gasteiger partial charge in [0, 0.05) is 6.42 Å². The highest BCUT2D eigenvalue weighted by molar-refractivity contribution is 5.95. The summed E-state index contributed by atoms with van der Waals surface area (Å²) in [4.78, 5) is 11.4. The highest BCUT2D eigenvalue weighted by Crippen LogP contribution is 2.33. The molecule has 1 aromatic rings. The minimum Gasteiger partial charge on any atom is -0.494 e. The molecule has 0 saturated heterocycles. The quantitative estimate of drug-likeness (QED) is 0.743. The highest BCUT2D eigenvalue weighted by Gasteiger charge is 2.22. The molecule has 2 nitrogen and oxygen atoms in total. The monoisotopic (exact) mass is 230 g/mol. The zero-order chi connectivity index (χ0) is 12.3. The molecule has 2 rings (SSSR count). The number of Topliss-reactive ketones (excluding diaryl/α,β-unsaturated/α-hetero) is 1. The van der Waals surface area contributed by atoms with E-state index in [4.69, 9.17) is 4.74 Å². The summed E-state index contributed by atoms with van der Waals surface area (Å²) in [5, 5.41) is 0. The Bertz CT molecular complexity index is 417. The lowest BCUT2D eigenvalue weighted by molar-refractivity contribution is -0.116. The number of benzene rings is 1. The Balaban J connectivity index is 2.07. The van der Waals surface area contributed by atoms with E-state index in [9.17, 15) is 4.79 Å². The Morgan fingerprint density at radius 1 is 1.35 bits per heavy atom. The Morgan fingerprint density at radius 3 is 2.65 bits per heavy atom. The van der Waals surface area contributed by atoms with Crippen LogP contribution in [0.15, 0.2) is 36.4 Å². The number of allylic oxidation sites excluding steroid dienone is 1. The minimum atomic E-state index is 0.229. The molecule has 90 valence electrons. The summed E-state index contributed by atoms with van der Waals surface area (Å²) < 4.78 is 5.41. The maximum atomic E-state index is 11.4. The first kappa shape index (κ1) is 11.9. The number of carbonyl (C=O) groups excluding carboxylic acids is 1. The second kappa shape index (κ2) is 5.17. The van der Waals surface area contributed by atoms with Gasteiger partial charge in [0.1, 0.15) is 5.75 Å². The van der Waals surface area contributed by atoms with Gasteiger partial charge in [-0.3, -0.25) is 4.79 Å². The number of hydrogen-bond donors (Lipinski definition) is 0. The van der Waals surface area contributed by atoms with Crippen molar-refractivity contribution in [2.75, 3.05) is 6.61 Å². The highest BCUT2D eigenvalue weighted by atomic mass is 16.5. The van der Waals surface area contributed by atoms with Crippen molar-refractivity contribution in [1.29, 1.82) is 0 Å². The maximum absolute atomic E-state index is 11.4. The fourth-order valence-electron chi connectivity index (χ4n) is 2.28. The number of carbonyl (C=O) groups is 1. The summed E-state index contributed by atoms with van der Waals surface area (Å²) in [6, 6.07) is 8.19. The summed E-state index contributed by atoms with van der Waals surface area (Å²) in [5.41, 5.74) is 2.05. The summed E-state index contributed by atoms with van der Waals surface area (Å²) in [7, 11) is 0. The predicted octanol–water partition coefficient (Wildman–Crippen LogP) is 3.48. The number of hydrogen-bond acceptors (Lipinski definition) is 2. The van der Waals surface area contributed by atoms with E-state index in [0.29, 0.717) is 18.9 Å². The smallest absolute Gasteiger partial charge is 0.158 e. The number of ether oxygens (including phenoxy) is 1. The molecule has 0 aliphatic heterocycles. The molecule has 0 amide bonds. The van der Waals surface area contributed by atoms with Crippen LogP contribution in [-0.4, -0.2) is 12.4 Å². The molecule has 0 bridgehead atoms. The fraction of sp³-hybridized carbons (Fsp3) is 0.400. The van der Waals surface area contributed by atoms with Crippen LogP contribution in [0.4, 0.5) is 0 Å². The van der Waals surface area contributed by atoms with Crippen molar-refractivity contribution in [2.45, 2.75) is 32.1 Å². The third-order valence-corrected chi connectivity index (χ3v) is 3.27. The molecule has 17 heavy (non-hydrogen) atoms. The van der Waals surface area contributed by atoms with Crippen LogP contribution in [0.25, 0.3) is 0 Å². The average Bonchev–Trinajstić information content (AvgIpc) is 2.34. The van der Waals surface area contributed by atoms with Crippen molar-refractivity contribution in [3.63, 3.8) is 0 Å². The van der Waals surface area contributed by atoms with Crippen LogP contribution in [0.2, 0.25) is 0 Å². The predicted molar refractivity (Wildman–Crippen MR) is 68.4 cm³/mol. The van der Waals surface area contributed by atoms with Crippen LogP contribution >= 0.6 is 0 Å². The van der Waals surface area contributed by atoms with E-state index in [1.807, 2.05) is 19.1 Å². The Morgan fingerprint density at radius 2 is 2.06 bits per heavy atom. The molecule has 1 aliphatic carbocycles. The van der Waals surface area contributed by atoms with Crippen molar-refractivity contribution in [3.8, 4) is 5.75 Å². The average molecular weight is 230 g/mol. The molecular formula is C15H18O2. The molecule has 2 heteroatoms. The fourth-order valence-corrected chi connectivity index (χ4v) is 2.28. The Hall–Kier alpha value is -1.57. The van der Waals surface area contributed by atoms with Crippen LogP contribution in [-0.2, 0) is 4.79 Å². The molecule has 0 aromatic heterocycles. The van der Waals surface area contributed by atoms with Crippen molar-refractivity contribution >= 4 is 5.78 Å². The molecule has 0 radical (unpaired) electrons. The lowest BCUT2D eigenvalue weighted by atomic mass is 9.81.